The molecule has 1 saturated heterocycles. The van der Waals surface area contributed by atoms with Crippen LogP contribution in [-0.2, 0) is 13.0 Å². The Labute approximate surface area is 173 Å². The molecule has 0 amide bonds. The first-order valence-corrected chi connectivity index (χ1v) is 10.6. The van der Waals surface area contributed by atoms with Gasteiger partial charge in [0.1, 0.15) is 11.6 Å². The van der Waals surface area contributed by atoms with Gasteiger partial charge in [-0.2, -0.15) is 0 Å². The van der Waals surface area contributed by atoms with Crippen LogP contribution in [0.15, 0.2) is 52.1 Å². The number of nitrogens with one attached hydrogen (secondary N) is 2. The number of likely N-dealkylation sites (tertiary alicyclic amines) is 1. The topological polar surface area (TPSA) is 52.8 Å². The molecule has 0 bridgehead atoms. The summed E-state index contributed by atoms with van der Waals surface area (Å²) < 4.78 is 18.5. The van der Waals surface area contributed by atoms with Crippen LogP contribution in [0.25, 0.3) is 0 Å². The molecular formula is C23H33FN4O. The first-order chi connectivity index (χ1) is 14.1. The molecule has 0 spiro atoms. The number of nitrogens with zero attached hydrogens (tertiary/aromatic N) is 2. The molecule has 0 atom stereocenters. The summed E-state index contributed by atoms with van der Waals surface area (Å²) in [6.45, 7) is 8.89. The van der Waals surface area contributed by atoms with E-state index in [1.807, 2.05) is 24.3 Å². The van der Waals surface area contributed by atoms with E-state index in [2.05, 4.69) is 29.4 Å². The number of hydrogen-bond acceptors (Lipinski definition) is 3. The average Bonchev–Trinajstić information content (AvgIpc) is 3.22. The molecule has 5 nitrogen and oxygen atoms in total. The lowest BCUT2D eigenvalue weighted by Gasteiger charge is -2.33. The second-order valence-corrected chi connectivity index (χ2v) is 8.16. The molecule has 0 unspecified atom stereocenters. The number of furan rings is 1. The highest BCUT2D eigenvalue weighted by atomic mass is 19.1. The van der Waals surface area contributed by atoms with Gasteiger partial charge in [-0.15, -0.1) is 0 Å². The van der Waals surface area contributed by atoms with Gasteiger partial charge in [0.25, 0.3) is 0 Å². The maximum Gasteiger partial charge on any atom is 0.191 e. The average molecular weight is 401 g/mol. The van der Waals surface area contributed by atoms with Crippen molar-refractivity contribution in [1.29, 1.82) is 0 Å². The van der Waals surface area contributed by atoms with E-state index >= 15 is 0 Å². The Morgan fingerprint density at radius 3 is 2.62 bits per heavy atom. The first-order valence-electron chi connectivity index (χ1n) is 10.6. The standard InChI is InChI=1S/C23H33FN4O/c1-18(2)16-26-23(25-12-9-22-4-3-15-29-22)27-21-10-13-28(14-11-21)17-19-5-7-20(24)8-6-19/h3-8,15,18,21H,9-14,16-17H2,1-2H3,(H2,25,26,27). The zero-order valence-corrected chi connectivity index (χ0v) is 17.5. The number of hydrogen-bond donors (Lipinski definition) is 2. The normalized spacial score (nSPS) is 16.3. The van der Waals surface area contributed by atoms with Crippen LogP contribution < -0.4 is 10.6 Å². The van der Waals surface area contributed by atoms with Gasteiger partial charge >= 0.3 is 0 Å². The molecule has 6 heteroatoms. The monoisotopic (exact) mass is 400 g/mol. The fraction of sp³-hybridized carbons (Fsp3) is 0.522. The Morgan fingerprint density at radius 1 is 1.21 bits per heavy atom. The highest BCUT2D eigenvalue weighted by Gasteiger charge is 2.20. The van der Waals surface area contributed by atoms with Gasteiger partial charge in [-0.25, -0.2) is 4.39 Å². The second-order valence-electron chi connectivity index (χ2n) is 8.16. The van der Waals surface area contributed by atoms with Gasteiger partial charge in [-0.3, -0.25) is 9.89 Å². The molecule has 1 aromatic heterocycles. The van der Waals surface area contributed by atoms with Crippen LogP contribution in [0.1, 0.15) is 38.0 Å². The van der Waals surface area contributed by atoms with E-state index in [1.54, 1.807) is 6.26 Å². The lowest BCUT2D eigenvalue weighted by molar-refractivity contribution is 0.198. The summed E-state index contributed by atoms with van der Waals surface area (Å²) in [5.74, 6) is 2.22. The van der Waals surface area contributed by atoms with Gasteiger partial charge in [0.05, 0.1) is 6.26 Å². The van der Waals surface area contributed by atoms with Crippen molar-refractivity contribution in [3.05, 3.63) is 59.8 Å². The number of rotatable bonds is 8. The summed E-state index contributed by atoms with van der Waals surface area (Å²) in [5.41, 5.74) is 1.16. The van der Waals surface area contributed by atoms with Gasteiger partial charge in [0, 0.05) is 45.2 Å². The van der Waals surface area contributed by atoms with E-state index in [0.29, 0.717) is 12.0 Å². The molecule has 0 radical (unpaired) electrons. The highest BCUT2D eigenvalue weighted by Crippen LogP contribution is 2.14. The maximum atomic E-state index is 13.1. The quantitative estimate of drug-likeness (QED) is 0.523. The smallest absolute Gasteiger partial charge is 0.191 e. The van der Waals surface area contributed by atoms with Crippen molar-refractivity contribution in [2.24, 2.45) is 10.9 Å². The minimum atomic E-state index is -0.176. The van der Waals surface area contributed by atoms with E-state index in [9.17, 15) is 4.39 Å². The van der Waals surface area contributed by atoms with Crippen molar-refractivity contribution in [2.75, 3.05) is 26.2 Å². The van der Waals surface area contributed by atoms with Gasteiger partial charge in [0.15, 0.2) is 5.96 Å². The van der Waals surface area contributed by atoms with Crippen molar-refractivity contribution < 1.29 is 8.81 Å². The fourth-order valence-corrected chi connectivity index (χ4v) is 3.46. The Morgan fingerprint density at radius 2 is 1.97 bits per heavy atom. The minimum absolute atomic E-state index is 0.176. The minimum Gasteiger partial charge on any atom is -0.469 e. The van der Waals surface area contributed by atoms with E-state index in [0.717, 1.165) is 69.3 Å². The molecule has 2 aromatic rings. The van der Waals surface area contributed by atoms with Crippen molar-refractivity contribution >= 4 is 5.96 Å². The van der Waals surface area contributed by atoms with Gasteiger partial charge in [-0.05, 0) is 48.6 Å². The number of piperidine rings is 1. The molecule has 0 saturated carbocycles. The molecule has 1 aromatic carbocycles. The van der Waals surface area contributed by atoms with Crippen LogP contribution in [0.3, 0.4) is 0 Å². The second kappa shape index (κ2) is 11.0. The molecule has 1 fully saturated rings. The summed E-state index contributed by atoms with van der Waals surface area (Å²) in [6.07, 6.45) is 4.69. The Hall–Kier alpha value is -2.34. The third-order valence-electron chi connectivity index (χ3n) is 5.11. The van der Waals surface area contributed by atoms with E-state index in [1.165, 1.54) is 12.1 Å². The van der Waals surface area contributed by atoms with Crippen molar-refractivity contribution in [2.45, 2.75) is 45.7 Å². The molecule has 158 valence electrons. The predicted octanol–water partition coefficient (Wildman–Crippen LogP) is 3.82. The molecule has 1 aliphatic heterocycles. The summed E-state index contributed by atoms with van der Waals surface area (Å²) in [5, 5.41) is 7.06. The predicted molar refractivity (Wildman–Crippen MR) is 115 cm³/mol. The maximum absolute atomic E-state index is 13.1. The van der Waals surface area contributed by atoms with E-state index < -0.39 is 0 Å². The van der Waals surface area contributed by atoms with Crippen LogP contribution in [0, 0.1) is 11.7 Å². The third kappa shape index (κ3) is 7.54. The zero-order chi connectivity index (χ0) is 20.5. The van der Waals surface area contributed by atoms with Crippen LogP contribution in [0.2, 0.25) is 0 Å². The molecule has 3 rings (SSSR count). The first kappa shape index (κ1) is 21.4. The Balaban J connectivity index is 1.45. The summed E-state index contributed by atoms with van der Waals surface area (Å²) in [7, 11) is 0. The van der Waals surface area contributed by atoms with E-state index in [-0.39, 0.29) is 5.82 Å². The molecule has 2 N–H and O–H groups in total. The number of guanidine groups is 1. The van der Waals surface area contributed by atoms with Crippen LogP contribution in [0.5, 0.6) is 0 Å². The molecule has 1 aliphatic rings. The Kier molecular flexibility index (Phi) is 8.11. The lowest BCUT2D eigenvalue weighted by Crippen LogP contribution is -2.49. The zero-order valence-electron chi connectivity index (χ0n) is 17.5. The van der Waals surface area contributed by atoms with Crippen molar-refractivity contribution in [3.63, 3.8) is 0 Å². The third-order valence-corrected chi connectivity index (χ3v) is 5.11. The highest BCUT2D eigenvalue weighted by molar-refractivity contribution is 5.80. The van der Waals surface area contributed by atoms with Crippen LogP contribution >= 0.6 is 0 Å². The molecular weight excluding hydrogens is 367 g/mol. The van der Waals surface area contributed by atoms with Crippen molar-refractivity contribution in [1.82, 2.24) is 15.5 Å². The molecule has 2 heterocycles. The van der Waals surface area contributed by atoms with Gasteiger partial charge in [-0.1, -0.05) is 26.0 Å². The summed E-state index contributed by atoms with van der Waals surface area (Å²) >= 11 is 0. The molecule has 0 aliphatic carbocycles. The number of benzene rings is 1. The van der Waals surface area contributed by atoms with Crippen molar-refractivity contribution in [3.8, 4) is 0 Å². The summed E-state index contributed by atoms with van der Waals surface area (Å²) in [4.78, 5) is 7.18. The van der Waals surface area contributed by atoms with Crippen LogP contribution in [-0.4, -0.2) is 43.1 Å². The van der Waals surface area contributed by atoms with Gasteiger partial charge in [0.2, 0.25) is 0 Å². The van der Waals surface area contributed by atoms with Crippen LogP contribution in [0.4, 0.5) is 4.39 Å². The fourth-order valence-electron chi connectivity index (χ4n) is 3.46. The largest absolute Gasteiger partial charge is 0.469 e. The molecule has 29 heavy (non-hydrogen) atoms. The number of halogens is 1. The lowest BCUT2D eigenvalue weighted by atomic mass is 10.0. The summed E-state index contributed by atoms with van der Waals surface area (Å²) in [6, 6.07) is 11.2. The SMILES string of the molecule is CC(C)CN=C(NCCc1ccco1)NC1CCN(Cc2ccc(F)cc2)CC1. The number of aliphatic imine (C=N–C) groups is 1. The van der Waals surface area contributed by atoms with Gasteiger partial charge < -0.3 is 15.1 Å². The Bertz CT molecular complexity index is 735. The van der Waals surface area contributed by atoms with E-state index in [4.69, 9.17) is 9.41 Å².